The van der Waals surface area contributed by atoms with E-state index in [-0.39, 0.29) is 11.1 Å². The number of hydrogen-bond donors (Lipinski definition) is 3. The highest BCUT2D eigenvalue weighted by Gasteiger charge is 2.21. The number of nitrogens with zero attached hydrogens (tertiary/aromatic N) is 1. The SMILES string of the molecule is O=S(=O)(NC1CCCNCC1)c1ccn[nH]1. The van der Waals surface area contributed by atoms with Crippen LogP contribution in [0.5, 0.6) is 0 Å². The molecule has 0 amide bonds. The molecule has 1 aromatic rings. The molecule has 0 bridgehead atoms. The quantitative estimate of drug-likeness (QED) is 0.689. The first-order chi connectivity index (χ1) is 7.68. The van der Waals surface area contributed by atoms with Crippen LogP contribution in [0.2, 0.25) is 0 Å². The highest BCUT2D eigenvalue weighted by Crippen LogP contribution is 2.10. The van der Waals surface area contributed by atoms with Crippen LogP contribution in [0.4, 0.5) is 0 Å². The van der Waals surface area contributed by atoms with Crippen LogP contribution in [0.3, 0.4) is 0 Å². The normalized spacial score (nSPS) is 22.9. The standard InChI is InChI=1S/C9H16N4O2S/c14-16(15,9-4-7-11-12-9)13-8-2-1-5-10-6-3-8/h4,7-8,10,13H,1-3,5-6H2,(H,11,12). The lowest BCUT2D eigenvalue weighted by Crippen LogP contribution is -2.35. The van der Waals surface area contributed by atoms with E-state index in [4.69, 9.17) is 0 Å². The predicted octanol–water partition coefficient (Wildman–Crippen LogP) is -0.170. The minimum absolute atomic E-state index is 0.0169. The Balaban J connectivity index is 2.03. The molecule has 90 valence electrons. The lowest BCUT2D eigenvalue weighted by atomic mass is 10.1. The molecule has 2 heterocycles. The predicted molar refractivity (Wildman–Crippen MR) is 59.4 cm³/mol. The molecule has 0 radical (unpaired) electrons. The summed E-state index contributed by atoms with van der Waals surface area (Å²) in [6.45, 7) is 1.82. The number of sulfonamides is 1. The molecule has 2 rings (SSSR count). The van der Waals surface area contributed by atoms with E-state index in [2.05, 4.69) is 20.2 Å². The van der Waals surface area contributed by atoms with Crippen molar-refractivity contribution >= 4 is 10.0 Å². The molecule has 6 nitrogen and oxygen atoms in total. The fourth-order valence-corrected chi connectivity index (χ4v) is 3.03. The molecular formula is C9H16N4O2S. The van der Waals surface area contributed by atoms with Gasteiger partial charge >= 0.3 is 0 Å². The van der Waals surface area contributed by atoms with Crippen molar-refractivity contribution < 1.29 is 8.42 Å². The minimum Gasteiger partial charge on any atom is -0.317 e. The molecule has 7 heteroatoms. The summed E-state index contributed by atoms with van der Waals surface area (Å²) in [5.41, 5.74) is 0. The average Bonchev–Trinajstić information content (AvgIpc) is 2.67. The van der Waals surface area contributed by atoms with Crippen LogP contribution in [0.15, 0.2) is 17.3 Å². The topological polar surface area (TPSA) is 86.9 Å². The van der Waals surface area contributed by atoms with Gasteiger partial charge in [0.25, 0.3) is 10.0 Å². The van der Waals surface area contributed by atoms with Gasteiger partial charge in [-0.25, -0.2) is 13.1 Å². The second-order valence-corrected chi connectivity index (χ2v) is 5.60. The molecule has 1 saturated heterocycles. The van der Waals surface area contributed by atoms with E-state index in [9.17, 15) is 8.42 Å². The first-order valence-corrected chi connectivity index (χ1v) is 6.89. The summed E-state index contributed by atoms with van der Waals surface area (Å²) in [7, 11) is -3.43. The largest absolute Gasteiger partial charge is 0.317 e. The second-order valence-electron chi connectivity index (χ2n) is 3.92. The molecule has 1 aromatic heterocycles. The van der Waals surface area contributed by atoms with E-state index < -0.39 is 10.0 Å². The molecule has 1 atom stereocenters. The summed E-state index contributed by atoms with van der Waals surface area (Å²) >= 11 is 0. The Labute approximate surface area is 94.9 Å². The van der Waals surface area contributed by atoms with Gasteiger partial charge in [-0.05, 0) is 38.4 Å². The highest BCUT2D eigenvalue weighted by atomic mass is 32.2. The van der Waals surface area contributed by atoms with Crippen LogP contribution in [0.1, 0.15) is 19.3 Å². The number of hydrogen-bond acceptors (Lipinski definition) is 4. The van der Waals surface area contributed by atoms with Crippen LogP contribution >= 0.6 is 0 Å². The zero-order valence-electron chi connectivity index (χ0n) is 8.94. The molecule has 0 aromatic carbocycles. The van der Waals surface area contributed by atoms with E-state index in [1.54, 1.807) is 0 Å². The Bertz CT molecular complexity index is 407. The summed E-state index contributed by atoms with van der Waals surface area (Å²) in [6, 6.07) is 1.47. The van der Waals surface area contributed by atoms with Gasteiger partial charge < -0.3 is 5.32 Å². The van der Waals surface area contributed by atoms with Gasteiger partial charge in [-0.15, -0.1) is 0 Å². The Morgan fingerprint density at radius 3 is 3.00 bits per heavy atom. The van der Waals surface area contributed by atoms with Crippen molar-refractivity contribution in [1.29, 1.82) is 0 Å². The first kappa shape index (κ1) is 11.6. The summed E-state index contributed by atoms with van der Waals surface area (Å²) in [4.78, 5) is 0. The fraction of sp³-hybridized carbons (Fsp3) is 0.667. The Hall–Kier alpha value is -0.920. The van der Waals surface area contributed by atoms with E-state index in [1.807, 2.05) is 0 Å². The number of aromatic amines is 1. The smallest absolute Gasteiger partial charge is 0.257 e. The molecule has 0 spiro atoms. The third kappa shape index (κ3) is 2.81. The monoisotopic (exact) mass is 244 g/mol. The van der Waals surface area contributed by atoms with E-state index in [1.165, 1.54) is 12.3 Å². The van der Waals surface area contributed by atoms with Gasteiger partial charge in [-0.3, -0.25) is 5.10 Å². The number of rotatable bonds is 3. The van der Waals surface area contributed by atoms with E-state index in [0.717, 1.165) is 32.4 Å². The molecule has 0 saturated carbocycles. The van der Waals surface area contributed by atoms with Gasteiger partial charge in [-0.1, -0.05) is 0 Å². The van der Waals surface area contributed by atoms with Crippen molar-refractivity contribution in [2.75, 3.05) is 13.1 Å². The number of H-pyrrole nitrogens is 1. The molecule has 1 aliphatic rings. The van der Waals surface area contributed by atoms with Crippen LogP contribution in [0.25, 0.3) is 0 Å². The molecule has 1 fully saturated rings. The van der Waals surface area contributed by atoms with Crippen LogP contribution in [-0.2, 0) is 10.0 Å². The maximum atomic E-state index is 11.9. The van der Waals surface area contributed by atoms with Gasteiger partial charge in [-0.2, -0.15) is 5.10 Å². The minimum atomic E-state index is -3.43. The third-order valence-corrected chi connectivity index (χ3v) is 4.11. The molecule has 3 N–H and O–H groups in total. The third-order valence-electron chi connectivity index (χ3n) is 2.66. The van der Waals surface area contributed by atoms with Crippen LogP contribution in [-0.4, -0.2) is 37.7 Å². The zero-order valence-corrected chi connectivity index (χ0v) is 9.76. The molecular weight excluding hydrogens is 228 g/mol. The summed E-state index contributed by atoms with van der Waals surface area (Å²) in [5.74, 6) is 0. The molecule has 16 heavy (non-hydrogen) atoms. The summed E-state index contributed by atoms with van der Waals surface area (Å²) in [5, 5.41) is 9.48. The maximum Gasteiger partial charge on any atom is 0.257 e. The Morgan fingerprint density at radius 2 is 2.25 bits per heavy atom. The lowest BCUT2D eigenvalue weighted by Gasteiger charge is -2.14. The average molecular weight is 244 g/mol. The Morgan fingerprint density at radius 1 is 1.38 bits per heavy atom. The van der Waals surface area contributed by atoms with Gasteiger partial charge in [0, 0.05) is 6.04 Å². The maximum absolute atomic E-state index is 11.9. The van der Waals surface area contributed by atoms with Crippen molar-refractivity contribution in [2.24, 2.45) is 0 Å². The second kappa shape index (κ2) is 4.94. The molecule has 1 aliphatic heterocycles. The fourth-order valence-electron chi connectivity index (χ4n) is 1.81. The van der Waals surface area contributed by atoms with Crippen molar-refractivity contribution in [2.45, 2.75) is 30.3 Å². The summed E-state index contributed by atoms with van der Waals surface area (Å²) in [6.07, 6.45) is 4.13. The summed E-state index contributed by atoms with van der Waals surface area (Å²) < 4.78 is 26.4. The van der Waals surface area contributed by atoms with Crippen LogP contribution in [0, 0.1) is 0 Å². The number of nitrogens with one attached hydrogen (secondary N) is 3. The lowest BCUT2D eigenvalue weighted by molar-refractivity contribution is 0.515. The van der Waals surface area contributed by atoms with Gasteiger partial charge in [0.05, 0.1) is 6.20 Å². The van der Waals surface area contributed by atoms with Gasteiger partial charge in [0.15, 0.2) is 5.03 Å². The van der Waals surface area contributed by atoms with E-state index >= 15 is 0 Å². The molecule has 1 unspecified atom stereocenters. The van der Waals surface area contributed by atoms with Gasteiger partial charge in [0.2, 0.25) is 0 Å². The molecule has 0 aliphatic carbocycles. The van der Waals surface area contributed by atoms with Crippen molar-refractivity contribution in [3.8, 4) is 0 Å². The van der Waals surface area contributed by atoms with Gasteiger partial charge in [0.1, 0.15) is 0 Å². The Kier molecular flexibility index (Phi) is 3.57. The van der Waals surface area contributed by atoms with Crippen molar-refractivity contribution in [3.63, 3.8) is 0 Å². The number of aromatic nitrogens is 2. The van der Waals surface area contributed by atoms with Crippen LogP contribution < -0.4 is 10.0 Å². The highest BCUT2D eigenvalue weighted by molar-refractivity contribution is 7.89. The zero-order chi connectivity index (χ0) is 11.4. The van der Waals surface area contributed by atoms with E-state index in [0.29, 0.717) is 0 Å². The first-order valence-electron chi connectivity index (χ1n) is 5.41. The van der Waals surface area contributed by atoms with Crippen molar-refractivity contribution in [1.82, 2.24) is 20.2 Å². The van der Waals surface area contributed by atoms with Crippen molar-refractivity contribution in [3.05, 3.63) is 12.3 Å².